The van der Waals surface area contributed by atoms with Crippen molar-refractivity contribution in [1.82, 2.24) is 20.1 Å². The second-order valence-electron chi connectivity index (χ2n) is 6.33. The average molecular weight is 394 g/mol. The molecular formula is C20H22N6O3. The average Bonchev–Trinajstić information content (AvgIpc) is 3.24. The SMILES string of the molecule is CCN(CC)c1ccc(CNC(=O)c2cnn(-c3ccc([N+](=O)[O-])cc3)c2)cn1. The molecule has 2 heterocycles. The number of hydrogen-bond donors (Lipinski definition) is 1. The number of non-ortho nitro benzene ring substituents is 1. The first-order valence-corrected chi connectivity index (χ1v) is 9.29. The highest BCUT2D eigenvalue weighted by Crippen LogP contribution is 2.15. The van der Waals surface area contributed by atoms with E-state index < -0.39 is 4.92 Å². The Morgan fingerprint density at radius 3 is 2.45 bits per heavy atom. The van der Waals surface area contributed by atoms with Crippen LogP contribution in [0.4, 0.5) is 11.5 Å². The fourth-order valence-corrected chi connectivity index (χ4v) is 2.85. The van der Waals surface area contributed by atoms with Crippen LogP contribution in [0.3, 0.4) is 0 Å². The van der Waals surface area contributed by atoms with Gasteiger partial charge in [-0.2, -0.15) is 5.10 Å². The minimum absolute atomic E-state index is 0.000468. The van der Waals surface area contributed by atoms with E-state index in [9.17, 15) is 14.9 Å². The number of nitro benzene ring substituents is 1. The van der Waals surface area contributed by atoms with E-state index in [1.54, 1.807) is 24.5 Å². The number of pyridine rings is 1. The molecule has 29 heavy (non-hydrogen) atoms. The third-order valence-electron chi connectivity index (χ3n) is 4.52. The molecule has 1 aromatic carbocycles. The van der Waals surface area contributed by atoms with Crippen molar-refractivity contribution < 1.29 is 9.72 Å². The summed E-state index contributed by atoms with van der Waals surface area (Å²) in [6.07, 6.45) is 4.80. The first-order valence-electron chi connectivity index (χ1n) is 9.29. The Morgan fingerprint density at radius 2 is 1.86 bits per heavy atom. The number of rotatable bonds is 8. The lowest BCUT2D eigenvalue weighted by molar-refractivity contribution is -0.384. The van der Waals surface area contributed by atoms with Crippen LogP contribution in [-0.2, 0) is 6.54 Å². The minimum atomic E-state index is -0.463. The maximum Gasteiger partial charge on any atom is 0.269 e. The number of carbonyl (C=O) groups is 1. The molecule has 1 amide bonds. The molecule has 9 nitrogen and oxygen atoms in total. The zero-order valence-electron chi connectivity index (χ0n) is 16.3. The van der Waals surface area contributed by atoms with Crippen LogP contribution in [0, 0.1) is 10.1 Å². The molecule has 1 N–H and O–H groups in total. The summed E-state index contributed by atoms with van der Waals surface area (Å²) in [5.74, 6) is 0.653. The van der Waals surface area contributed by atoms with Crippen molar-refractivity contribution in [3.63, 3.8) is 0 Å². The molecule has 150 valence electrons. The number of nitrogens with zero attached hydrogens (tertiary/aromatic N) is 5. The van der Waals surface area contributed by atoms with E-state index in [0.29, 0.717) is 17.8 Å². The third-order valence-corrected chi connectivity index (χ3v) is 4.52. The van der Waals surface area contributed by atoms with Crippen molar-refractivity contribution in [3.8, 4) is 5.69 Å². The van der Waals surface area contributed by atoms with Gasteiger partial charge in [-0.1, -0.05) is 6.07 Å². The number of aromatic nitrogens is 3. The van der Waals surface area contributed by atoms with Gasteiger partial charge in [-0.3, -0.25) is 14.9 Å². The van der Waals surface area contributed by atoms with Gasteiger partial charge in [0.1, 0.15) is 5.82 Å². The number of carbonyl (C=O) groups excluding carboxylic acids is 1. The van der Waals surface area contributed by atoms with Gasteiger partial charge in [-0.15, -0.1) is 0 Å². The molecule has 9 heteroatoms. The number of nitro groups is 1. The van der Waals surface area contributed by atoms with Crippen LogP contribution in [0.15, 0.2) is 55.0 Å². The van der Waals surface area contributed by atoms with Gasteiger partial charge in [-0.05, 0) is 37.6 Å². The van der Waals surface area contributed by atoms with Crippen LogP contribution in [0.1, 0.15) is 29.8 Å². The first-order chi connectivity index (χ1) is 14.0. The van der Waals surface area contributed by atoms with Crippen molar-refractivity contribution in [2.24, 2.45) is 0 Å². The minimum Gasteiger partial charge on any atom is -0.357 e. The van der Waals surface area contributed by atoms with Gasteiger partial charge in [-0.25, -0.2) is 9.67 Å². The summed E-state index contributed by atoms with van der Waals surface area (Å²) in [6.45, 7) is 6.29. The second kappa shape index (κ2) is 8.96. The lowest BCUT2D eigenvalue weighted by Crippen LogP contribution is -2.24. The molecular weight excluding hydrogens is 372 g/mol. The van der Waals surface area contributed by atoms with E-state index in [-0.39, 0.29) is 11.6 Å². The summed E-state index contributed by atoms with van der Waals surface area (Å²) in [6, 6.07) is 9.84. The highest BCUT2D eigenvalue weighted by molar-refractivity contribution is 5.93. The molecule has 0 radical (unpaired) electrons. The van der Waals surface area contributed by atoms with Gasteiger partial charge in [0.05, 0.1) is 22.4 Å². The van der Waals surface area contributed by atoms with Crippen LogP contribution in [0.25, 0.3) is 5.69 Å². The van der Waals surface area contributed by atoms with E-state index in [4.69, 9.17) is 0 Å². The lowest BCUT2D eigenvalue weighted by atomic mass is 10.2. The third kappa shape index (κ3) is 4.75. The summed E-state index contributed by atoms with van der Waals surface area (Å²) in [7, 11) is 0. The molecule has 0 saturated carbocycles. The standard InChI is InChI=1S/C20H22N6O3/c1-3-24(4-2)19-10-5-15(11-21-19)12-22-20(27)16-13-23-25(14-16)17-6-8-18(9-7-17)26(28)29/h5-11,13-14H,3-4,12H2,1-2H3,(H,22,27). The Balaban J connectivity index is 1.61. The van der Waals surface area contributed by atoms with Crippen LogP contribution in [-0.4, -0.2) is 38.7 Å². The highest BCUT2D eigenvalue weighted by atomic mass is 16.6. The summed E-state index contributed by atoms with van der Waals surface area (Å²) in [5.41, 5.74) is 1.93. The number of anilines is 1. The Labute approximate surface area is 168 Å². The van der Waals surface area contributed by atoms with E-state index in [0.717, 1.165) is 24.5 Å². The molecule has 3 aromatic rings. The van der Waals surface area contributed by atoms with Gasteiger partial charge >= 0.3 is 0 Å². The predicted octanol–water partition coefficient (Wildman–Crippen LogP) is 2.95. The Morgan fingerprint density at radius 1 is 1.14 bits per heavy atom. The van der Waals surface area contributed by atoms with Crippen molar-refractivity contribution in [2.75, 3.05) is 18.0 Å². The number of amides is 1. The van der Waals surface area contributed by atoms with E-state index in [1.165, 1.54) is 23.0 Å². The molecule has 0 saturated heterocycles. The lowest BCUT2D eigenvalue weighted by Gasteiger charge is -2.19. The van der Waals surface area contributed by atoms with E-state index in [2.05, 4.69) is 34.1 Å². The molecule has 0 unspecified atom stereocenters. The zero-order chi connectivity index (χ0) is 20.8. The van der Waals surface area contributed by atoms with Crippen LogP contribution >= 0.6 is 0 Å². The second-order valence-corrected chi connectivity index (χ2v) is 6.33. The molecule has 0 aliphatic heterocycles. The molecule has 0 fully saturated rings. The van der Waals surface area contributed by atoms with E-state index >= 15 is 0 Å². The van der Waals surface area contributed by atoms with Gasteiger partial charge in [0.25, 0.3) is 11.6 Å². The number of nitrogens with one attached hydrogen (secondary N) is 1. The maximum absolute atomic E-state index is 12.4. The molecule has 2 aromatic heterocycles. The number of benzene rings is 1. The first kappa shape index (κ1) is 20.0. The normalized spacial score (nSPS) is 10.6. The summed E-state index contributed by atoms with van der Waals surface area (Å²) >= 11 is 0. The number of hydrogen-bond acceptors (Lipinski definition) is 6. The van der Waals surface area contributed by atoms with Crippen molar-refractivity contribution in [2.45, 2.75) is 20.4 Å². The Hall–Kier alpha value is -3.75. The molecule has 3 rings (SSSR count). The smallest absolute Gasteiger partial charge is 0.269 e. The molecule has 0 aliphatic rings. The Bertz CT molecular complexity index is 978. The quantitative estimate of drug-likeness (QED) is 0.465. The highest BCUT2D eigenvalue weighted by Gasteiger charge is 2.11. The van der Waals surface area contributed by atoms with Crippen molar-refractivity contribution in [3.05, 3.63) is 76.2 Å². The largest absolute Gasteiger partial charge is 0.357 e. The maximum atomic E-state index is 12.4. The van der Waals surface area contributed by atoms with Crippen molar-refractivity contribution >= 4 is 17.4 Å². The van der Waals surface area contributed by atoms with Crippen LogP contribution < -0.4 is 10.2 Å². The summed E-state index contributed by atoms with van der Waals surface area (Å²) in [5, 5.41) is 17.7. The molecule has 0 spiro atoms. The van der Waals surface area contributed by atoms with E-state index in [1.807, 2.05) is 12.1 Å². The fourth-order valence-electron chi connectivity index (χ4n) is 2.85. The predicted molar refractivity (Wildman–Crippen MR) is 109 cm³/mol. The molecule has 0 aliphatic carbocycles. The monoisotopic (exact) mass is 394 g/mol. The van der Waals surface area contributed by atoms with Crippen LogP contribution in [0.2, 0.25) is 0 Å². The zero-order valence-corrected chi connectivity index (χ0v) is 16.3. The van der Waals surface area contributed by atoms with Gasteiger partial charge in [0, 0.05) is 44.2 Å². The fraction of sp³-hybridized carbons (Fsp3) is 0.250. The topological polar surface area (TPSA) is 106 Å². The Kier molecular flexibility index (Phi) is 6.18. The van der Waals surface area contributed by atoms with Gasteiger partial charge < -0.3 is 10.2 Å². The summed E-state index contributed by atoms with van der Waals surface area (Å²) < 4.78 is 1.50. The van der Waals surface area contributed by atoms with Crippen molar-refractivity contribution in [1.29, 1.82) is 0 Å². The molecule has 0 bridgehead atoms. The summed E-state index contributed by atoms with van der Waals surface area (Å²) in [4.78, 5) is 29.3. The molecule has 0 atom stereocenters. The van der Waals surface area contributed by atoms with Crippen LogP contribution in [0.5, 0.6) is 0 Å². The van der Waals surface area contributed by atoms with Gasteiger partial charge in [0.15, 0.2) is 0 Å². The van der Waals surface area contributed by atoms with Gasteiger partial charge in [0.2, 0.25) is 0 Å².